The standard InChI is InChI=1S/C27H32N4O/c1-30(2)23-13-14-25(28)24(19-23)27(32)29-22-15-17-31(18-16-22)26(20-9-5-3-6-10-20)21-11-7-4-8-12-21/h3-14,19,22,26H,15-18,28H2,1-2H3,(H,29,32). The van der Waals surface area contributed by atoms with Crippen molar-refractivity contribution >= 4 is 17.3 Å². The molecule has 0 unspecified atom stereocenters. The van der Waals surface area contributed by atoms with Crippen molar-refractivity contribution in [2.24, 2.45) is 0 Å². The van der Waals surface area contributed by atoms with Crippen LogP contribution in [0.15, 0.2) is 78.9 Å². The van der Waals surface area contributed by atoms with E-state index in [1.807, 2.05) is 31.1 Å². The summed E-state index contributed by atoms with van der Waals surface area (Å²) in [6, 6.07) is 27.3. The topological polar surface area (TPSA) is 61.6 Å². The molecule has 1 amide bonds. The van der Waals surface area contributed by atoms with Gasteiger partial charge in [-0.25, -0.2) is 0 Å². The Hall–Kier alpha value is -3.31. The lowest BCUT2D eigenvalue weighted by Crippen LogP contribution is -2.46. The molecule has 3 aromatic carbocycles. The van der Waals surface area contributed by atoms with Crippen LogP contribution in [0, 0.1) is 0 Å². The fourth-order valence-corrected chi connectivity index (χ4v) is 4.47. The summed E-state index contributed by atoms with van der Waals surface area (Å²) >= 11 is 0. The molecule has 5 heteroatoms. The van der Waals surface area contributed by atoms with Crippen LogP contribution in [0.25, 0.3) is 0 Å². The fourth-order valence-electron chi connectivity index (χ4n) is 4.47. The number of nitrogen functional groups attached to an aromatic ring is 1. The summed E-state index contributed by atoms with van der Waals surface area (Å²) in [5, 5.41) is 3.22. The Morgan fingerprint density at radius 2 is 1.50 bits per heavy atom. The quantitative estimate of drug-likeness (QED) is 0.574. The minimum atomic E-state index is -0.0904. The maximum Gasteiger partial charge on any atom is 0.253 e. The Morgan fingerprint density at radius 3 is 2.03 bits per heavy atom. The van der Waals surface area contributed by atoms with Gasteiger partial charge >= 0.3 is 0 Å². The molecule has 0 aromatic heterocycles. The van der Waals surface area contributed by atoms with Gasteiger partial charge in [0.1, 0.15) is 0 Å². The van der Waals surface area contributed by atoms with E-state index in [0.717, 1.165) is 31.6 Å². The lowest BCUT2D eigenvalue weighted by atomic mass is 9.94. The van der Waals surface area contributed by atoms with Crippen molar-refractivity contribution in [1.82, 2.24) is 10.2 Å². The highest BCUT2D eigenvalue weighted by Crippen LogP contribution is 2.31. The van der Waals surface area contributed by atoms with Crippen LogP contribution in [-0.4, -0.2) is 44.0 Å². The first-order valence-electron chi connectivity index (χ1n) is 11.2. The van der Waals surface area contributed by atoms with Gasteiger partial charge in [0.2, 0.25) is 0 Å². The van der Waals surface area contributed by atoms with Gasteiger partial charge in [0.15, 0.2) is 0 Å². The number of carbonyl (C=O) groups is 1. The number of carbonyl (C=O) groups excluding carboxylic acids is 1. The lowest BCUT2D eigenvalue weighted by molar-refractivity contribution is 0.0901. The van der Waals surface area contributed by atoms with Gasteiger partial charge in [-0.15, -0.1) is 0 Å². The number of anilines is 2. The van der Waals surface area contributed by atoms with Gasteiger partial charge in [-0.1, -0.05) is 60.7 Å². The first kappa shape index (κ1) is 21.9. The zero-order chi connectivity index (χ0) is 22.5. The summed E-state index contributed by atoms with van der Waals surface area (Å²) in [5.74, 6) is -0.0904. The molecule has 3 aromatic rings. The van der Waals surface area contributed by atoms with E-state index in [0.29, 0.717) is 11.3 Å². The van der Waals surface area contributed by atoms with Crippen molar-refractivity contribution in [1.29, 1.82) is 0 Å². The zero-order valence-electron chi connectivity index (χ0n) is 18.9. The third kappa shape index (κ3) is 4.94. The second kappa shape index (κ2) is 9.88. The number of amides is 1. The monoisotopic (exact) mass is 428 g/mol. The highest BCUT2D eigenvalue weighted by atomic mass is 16.1. The van der Waals surface area contributed by atoms with E-state index in [1.165, 1.54) is 11.1 Å². The van der Waals surface area contributed by atoms with Gasteiger partial charge in [0, 0.05) is 44.6 Å². The minimum Gasteiger partial charge on any atom is -0.398 e. The van der Waals surface area contributed by atoms with Crippen LogP contribution < -0.4 is 16.0 Å². The molecule has 1 saturated heterocycles. The molecule has 0 spiro atoms. The number of hydrogen-bond donors (Lipinski definition) is 2. The van der Waals surface area contributed by atoms with Crippen LogP contribution in [0.3, 0.4) is 0 Å². The molecule has 166 valence electrons. The number of hydrogen-bond acceptors (Lipinski definition) is 4. The number of nitrogens with two attached hydrogens (primary N) is 1. The average Bonchev–Trinajstić information content (AvgIpc) is 2.82. The molecule has 1 fully saturated rings. The van der Waals surface area contributed by atoms with E-state index >= 15 is 0 Å². The first-order chi connectivity index (χ1) is 15.5. The molecule has 0 aliphatic carbocycles. The molecule has 0 atom stereocenters. The summed E-state index contributed by atoms with van der Waals surface area (Å²) in [6.07, 6.45) is 1.82. The van der Waals surface area contributed by atoms with Crippen molar-refractivity contribution in [2.45, 2.75) is 24.9 Å². The van der Waals surface area contributed by atoms with E-state index in [4.69, 9.17) is 5.73 Å². The van der Waals surface area contributed by atoms with Crippen molar-refractivity contribution < 1.29 is 4.79 Å². The van der Waals surface area contributed by atoms with Gasteiger partial charge in [0.05, 0.1) is 11.6 Å². The molecule has 3 N–H and O–H groups in total. The van der Waals surface area contributed by atoms with E-state index < -0.39 is 0 Å². The van der Waals surface area contributed by atoms with Gasteiger partial charge in [-0.3, -0.25) is 9.69 Å². The number of rotatable bonds is 6. The Morgan fingerprint density at radius 1 is 0.938 bits per heavy atom. The maximum absolute atomic E-state index is 12.9. The highest BCUT2D eigenvalue weighted by Gasteiger charge is 2.28. The SMILES string of the molecule is CN(C)c1ccc(N)c(C(=O)NC2CCN(C(c3ccccc3)c3ccccc3)CC2)c1. The lowest BCUT2D eigenvalue weighted by Gasteiger charge is -2.38. The Bertz CT molecular complexity index is 989. The Labute approximate surface area is 190 Å². The zero-order valence-corrected chi connectivity index (χ0v) is 18.9. The molecule has 32 heavy (non-hydrogen) atoms. The van der Waals surface area contributed by atoms with Crippen molar-refractivity contribution in [3.05, 3.63) is 95.6 Å². The van der Waals surface area contributed by atoms with Gasteiger partial charge in [-0.05, 0) is 42.2 Å². The van der Waals surface area contributed by atoms with Crippen LogP contribution >= 0.6 is 0 Å². The molecule has 1 aliphatic rings. The van der Waals surface area contributed by atoms with E-state index in [9.17, 15) is 4.79 Å². The molecule has 1 heterocycles. The molecular formula is C27H32N4O. The summed E-state index contributed by atoms with van der Waals surface area (Å²) in [6.45, 7) is 1.85. The third-order valence-corrected chi connectivity index (χ3v) is 6.26. The van der Waals surface area contributed by atoms with Crippen LogP contribution in [0.4, 0.5) is 11.4 Å². The molecule has 1 aliphatic heterocycles. The smallest absolute Gasteiger partial charge is 0.253 e. The first-order valence-corrected chi connectivity index (χ1v) is 11.2. The van der Waals surface area contributed by atoms with Crippen molar-refractivity contribution in [3.63, 3.8) is 0 Å². The Kier molecular flexibility index (Phi) is 6.76. The van der Waals surface area contributed by atoms with Crippen molar-refractivity contribution in [3.8, 4) is 0 Å². The number of piperidine rings is 1. The average molecular weight is 429 g/mol. The summed E-state index contributed by atoms with van der Waals surface area (Å²) in [4.78, 5) is 17.4. The Balaban J connectivity index is 1.44. The number of likely N-dealkylation sites (tertiary alicyclic amines) is 1. The van der Waals surface area contributed by atoms with E-state index in [-0.39, 0.29) is 18.0 Å². The molecular weight excluding hydrogens is 396 g/mol. The number of nitrogens with one attached hydrogen (secondary N) is 1. The molecule has 4 rings (SSSR count). The predicted octanol–water partition coefficient (Wildman–Crippen LogP) is 4.32. The fraction of sp³-hybridized carbons (Fsp3) is 0.296. The minimum absolute atomic E-state index is 0.0904. The summed E-state index contributed by atoms with van der Waals surface area (Å²) in [5.41, 5.74) is 10.7. The second-order valence-electron chi connectivity index (χ2n) is 8.67. The second-order valence-corrected chi connectivity index (χ2v) is 8.67. The maximum atomic E-state index is 12.9. The summed E-state index contributed by atoms with van der Waals surface area (Å²) < 4.78 is 0. The largest absolute Gasteiger partial charge is 0.398 e. The van der Waals surface area contributed by atoms with Crippen LogP contribution in [0.5, 0.6) is 0 Å². The molecule has 0 bridgehead atoms. The van der Waals surface area contributed by atoms with E-state index in [2.05, 4.69) is 70.9 Å². The number of nitrogens with zero attached hydrogens (tertiary/aromatic N) is 2. The number of benzene rings is 3. The van der Waals surface area contributed by atoms with Crippen molar-refractivity contribution in [2.75, 3.05) is 37.8 Å². The van der Waals surface area contributed by atoms with Gasteiger partial charge in [0.25, 0.3) is 5.91 Å². The van der Waals surface area contributed by atoms with Crippen LogP contribution in [0.1, 0.15) is 40.4 Å². The van der Waals surface area contributed by atoms with Crippen LogP contribution in [0.2, 0.25) is 0 Å². The van der Waals surface area contributed by atoms with Gasteiger partial charge in [-0.2, -0.15) is 0 Å². The molecule has 0 saturated carbocycles. The summed E-state index contributed by atoms with van der Waals surface area (Å²) in [7, 11) is 3.91. The predicted molar refractivity (Wildman–Crippen MR) is 132 cm³/mol. The van der Waals surface area contributed by atoms with Crippen LogP contribution in [-0.2, 0) is 0 Å². The van der Waals surface area contributed by atoms with Gasteiger partial charge < -0.3 is 16.0 Å². The van der Waals surface area contributed by atoms with E-state index in [1.54, 1.807) is 6.07 Å². The highest BCUT2D eigenvalue weighted by molar-refractivity contribution is 6.00. The molecule has 0 radical (unpaired) electrons. The molecule has 5 nitrogen and oxygen atoms in total. The third-order valence-electron chi connectivity index (χ3n) is 6.26. The normalized spacial score (nSPS) is 15.0.